The third-order valence-corrected chi connectivity index (χ3v) is 2.35. The number of rotatable bonds is 6. The predicted molar refractivity (Wildman–Crippen MR) is 76.2 cm³/mol. The van der Waals surface area contributed by atoms with Crippen molar-refractivity contribution >= 4 is 28.9 Å². The lowest BCUT2D eigenvalue weighted by molar-refractivity contribution is -0.143. The molecule has 1 heterocycles. The van der Waals surface area contributed by atoms with E-state index in [-0.39, 0.29) is 19.4 Å². The summed E-state index contributed by atoms with van der Waals surface area (Å²) in [7, 11) is 0. The lowest BCUT2D eigenvalue weighted by Crippen LogP contribution is -2.06. The number of benzene rings is 1. The van der Waals surface area contributed by atoms with E-state index in [2.05, 4.69) is 15.3 Å². The van der Waals surface area contributed by atoms with Gasteiger partial charge in [-0.1, -0.05) is 12.1 Å². The number of aliphatic carboxylic acids is 2. The Morgan fingerprint density at radius 3 is 2.29 bits per heavy atom. The molecule has 0 saturated heterocycles. The van der Waals surface area contributed by atoms with Gasteiger partial charge in [-0.3, -0.25) is 9.59 Å². The molecule has 8 nitrogen and oxygen atoms in total. The normalized spacial score (nSPS) is 9.76. The maximum atomic E-state index is 9.64. The van der Waals surface area contributed by atoms with E-state index in [4.69, 9.17) is 15.3 Å². The summed E-state index contributed by atoms with van der Waals surface area (Å²) >= 11 is 0. The molecule has 0 aliphatic rings. The number of nitrogens with zero attached hydrogens (tertiary/aromatic N) is 1. The first-order valence-electron chi connectivity index (χ1n) is 6.26. The second-order valence-electron chi connectivity index (χ2n) is 4.04. The molecule has 2 aromatic rings. The summed E-state index contributed by atoms with van der Waals surface area (Å²) in [6, 6.07) is 7.80. The molecule has 1 aromatic heterocycles. The minimum atomic E-state index is -1.08. The second-order valence-corrected chi connectivity index (χ2v) is 4.04. The molecular formula is C13H17N3O5. The first kappa shape index (κ1) is 16.4. The predicted octanol–water partition coefficient (Wildman–Crippen LogP) is 0.903. The Hall–Kier alpha value is -2.61. The van der Waals surface area contributed by atoms with E-state index in [1.807, 2.05) is 24.3 Å². The largest absolute Gasteiger partial charge is 0.481 e. The van der Waals surface area contributed by atoms with Crippen molar-refractivity contribution < 1.29 is 24.9 Å². The number of nitrogens with one attached hydrogen (secondary N) is 2. The van der Waals surface area contributed by atoms with E-state index < -0.39 is 11.9 Å². The minimum Gasteiger partial charge on any atom is -0.481 e. The van der Waals surface area contributed by atoms with Gasteiger partial charge in [-0.05, 0) is 12.1 Å². The first-order valence-corrected chi connectivity index (χ1v) is 6.26. The van der Waals surface area contributed by atoms with Crippen LogP contribution in [0.1, 0.15) is 12.8 Å². The van der Waals surface area contributed by atoms with Crippen LogP contribution in [0.4, 0.5) is 5.95 Å². The molecule has 1 aromatic carbocycles. The molecule has 0 amide bonds. The van der Waals surface area contributed by atoms with Crippen molar-refractivity contribution in [1.82, 2.24) is 9.97 Å². The van der Waals surface area contributed by atoms with Gasteiger partial charge in [0.15, 0.2) is 0 Å². The molecule has 0 unspecified atom stereocenters. The van der Waals surface area contributed by atoms with E-state index in [9.17, 15) is 9.59 Å². The highest BCUT2D eigenvalue weighted by Crippen LogP contribution is 2.12. The maximum absolute atomic E-state index is 9.64. The number of imidazole rings is 1. The van der Waals surface area contributed by atoms with E-state index in [1.165, 1.54) is 0 Å². The molecule has 0 saturated carbocycles. The van der Waals surface area contributed by atoms with E-state index >= 15 is 0 Å². The average molecular weight is 295 g/mol. The van der Waals surface area contributed by atoms with Crippen molar-refractivity contribution in [3.05, 3.63) is 24.3 Å². The molecule has 0 aliphatic heterocycles. The van der Waals surface area contributed by atoms with Crippen LogP contribution in [0.15, 0.2) is 24.3 Å². The van der Waals surface area contributed by atoms with Gasteiger partial charge in [0.25, 0.3) is 0 Å². The van der Waals surface area contributed by atoms with Crippen LogP contribution in [0.3, 0.4) is 0 Å². The average Bonchev–Trinajstić information content (AvgIpc) is 2.86. The maximum Gasteiger partial charge on any atom is 0.303 e. The highest BCUT2D eigenvalue weighted by atomic mass is 16.4. The summed E-state index contributed by atoms with van der Waals surface area (Å²) in [5, 5.41) is 27.4. The molecular weight excluding hydrogens is 278 g/mol. The van der Waals surface area contributed by atoms with Gasteiger partial charge < -0.3 is 25.6 Å². The van der Waals surface area contributed by atoms with Crippen LogP contribution >= 0.6 is 0 Å². The van der Waals surface area contributed by atoms with Crippen molar-refractivity contribution in [1.29, 1.82) is 0 Å². The molecule has 21 heavy (non-hydrogen) atoms. The number of carbonyl (C=O) groups is 2. The van der Waals surface area contributed by atoms with Crippen LogP contribution in [0, 0.1) is 0 Å². The molecule has 0 radical (unpaired) electrons. The zero-order chi connectivity index (χ0) is 15.7. The molecule has 0 bridgehead atoms. The number of aliphatic hydroxyl groups excluding tert-OH is 1. The quantitative estimate of drug-likeness (QED) is 0.534. The lowest BCUT2D eigenvalue weighted by Gasteiger charge is -1.96. The second kappa shape index (κ2) is 8.54. The summed E-state index contributed by atoms with van der Waals surface area (Å²) in [5.74, 6) is -1.45. The standard InChI is InChI=1S/C9H11N3O.C4H6O4/c13-6-5-10-9-11-7-3-1-2-4-8(7)12-9;5-3(6)1-2-4(7)8/h1-4,13H,5-6H2,(H2,10,11,12);1-2H2,(H,5,6)(H,7,8). The lowest BCUT2D eigenvalue weighted by atomic mass is 10.3. The zero-order valence-electron chi connectivity index (χ0n) is 11.2. The van der Waals surface area contributed by atoms with Crippen molar-refractivity contribution in [3.63, 3.8) is 0 Å². The van der Waals surface area contributed by atoms with Crippen molar-refractivity contribution in [2.45, 2.75) is 12.8 Å². The minimum absolute atomic E-state index is 0.108. The third kappa shape index (κ3) is 6.39. The zero-order valence-corrected chi connectivity index (χ0v) is 11.2. The number of H-pyrrole nitrogens is 1. The molecule has 114 valence electrons. The topological polar surface area (TPSA) is 136 Å². The van der Waals surface area contributed by atoms with Crippen LogP contribution in [0.2, 0.25) is 0 Å². The van der Waals surface area contributed by atoms with E-state index in [0.717, 1.165) is 11.0 Å². The Labute approximate surface area is 120 Å². The summed E-state index contributed by atoms with van der Waals surface area (Å²) in [6.45, 7) is 0.622. The fourth-order valence-corrected chi connectivity index (χ4v) is 1.42. The van der Waals surface area contributed by atoms with E-state index in [0.29, 0.717) is 12.5 Å². The van der Waals surface area contributed by atoms with Gasteiger partial charge in [-0.2, -0.15) is 0 Å². The number of aromatic amines is 1. The summed E-state index contributed by atoms with van der Waals surface area (Å²) < 4.78 is 0. The van der Waals surface area contributed by atoms with Gasteiger partial charge in [-0.15, -0.1) is 0 Å². The fourth-order valence-electron chi connectivity index (χ4n) is 1.42. The molecule has 0 fully saturated rings. The molecule has 2 rings (SSSR count). The number of aliphatic hydroxyl groups is 1. The van der Waals surface area contributed by atoms with Gasteiger partial charge in [0, 0.05) is 6.54 Å². The summed E-state index contributed by atoms with van der Waals surface area (Å²) in [5.41, 5.74) is 1.94. The van der Waals surface area contributed by atoms with Gasteiger partial charge in [0.2, 0.25) is 5.95 Å². The number of fused-ring (bicyclic) bond motifs is 1. The number of para-hydroxylation sites is 2. The monoisotopic (exact) mass is 295 g/mol. The van der Waals surface area contributed by atoms with Crippen LogP contribution in [0.5, 0.6) is 0 Å². The number of aromatic nitrogens is 2. The number of anilines is 1. The van der Waals surface area contributed by atoms with Gasteiger partial charge in [-0.25, -0.2) is 4.98 Å². The van der Waals surface area contributed by atoms with E-state index in [1.54, 1.807) is 0 Å². The Morgan fingerprint density at radius 2 is 1.76 bits per heavy atom. The van der Waals surface area contributed by atoms with Crippen LogP contribution in [-0.2, 0) is 9.59 Å². The van der Waals surface area contributed by atoms with Gasteiger partial charge >= 0.3 is 11.9 Å². The molecule has 8 heteroatoms. The van der Waals surface area contributed by atoms with Crippen LogP contribution in [-0.4, -0.2) is 50.4 Å². The van der Waals surface area contributed by atoms with Crippen LogP contribution in [0.25, 0.3) is 11.0 Å². The summed E-state index contributed by atoms with van der Waals surface area (Å²) in [4.78, 5) is 26.7. The molecule has 0 atom stereocenters. The first-order chi connectivity index (χ1) is 10.0. The Morgan fingerprint density at radius 1 is 1.14 bits per heavy atom. The van der Waals surface area contributed by atoms with Crippen molar-refractivity contribution in [2.75, 3.05) is 18.5 Å². The summed E-state index contributed by atoms with van der Waals surface area (Å²) in [6.07, 6.45) is -0.593. The van der Waals surface area contributed by atoms with Crippen LogP contribution < -0.4 is 5.32 Å². The molecule has 0 aliphatic carbocycles. The Kier molecular flexibility index (Phi) is 6.69. The van der Waals surface area contributed by atoms with Gasteiger partial charge in [0.1, 0.15) is 0 Å². The smallest absolute Gasteiger partial charge is 0.303 e. The fraction of sp³-hybridized carbons (Fsp3) is 0.308. The number of carboxylic acids is 2. The van der Waals surface area contributed by atoms with Crippen molar-refractivity contribution in [2.24, 2.45) is 0 Å². The molecule has 0 spiro atoms. The third-order valence-electron chi connectivity index (χ3n) is 2.35. The number of hydrogen-bond acceptors (Lipinski definition) is 5. The SMILES string of the molecule is O=C(O)CCC(=O)O.OCCNc1nc2ccccc2[nH]1. The number of hydrogen-bond donors (Lipinski definition) is 5. The highest BCUT2D eigenvalue weighted by molar-refractivity contribution is 5.77. The molecule has 5 N–H and O–H groups in total. The Bertz CT molecular complexity index is 549. The van der Waals surface area contributed by atoms with Crippen molar-refractivity contribution in [3.8, 4) is 0 Å². The highest BCUT2D eigenvalue weighted by Gasteiger charge is 2.00. The van der Waals surface area contributed by atoms with Gasteiger partial charge in [0.05, 0.1) is 30.5 Å². The Balaban J connectivity index is 0.000000240. The number of carboxylic acid groups (broad SMARTS) is 2.